The summed E-state index contributed by atoms with van der Waals surface area (Å²) in [7, 11) is 0. The Morgan fingerprint density at radius 2 is 2.00 bits per heavy atom. The van der Waals surface area contributed by atoms with Crippen LogP contribution in [0.5, 0.6) is 0 Å². The molecular formula is C13H14N2O3. The maximum Gasteiger partial charge on any atom is 0.372 e. The fourth-order valence-electron chi connectivity index (χ4n) is 1.71. The first-order chi connectivity index (χ1) is 8.29. The van der Waals surface area contributed by atoms with Crippen molar-refractivity contribution in [1.29, 1.82) is 0 Å². The highest BCUT2D eigenvalue weighted by atomic mass is 16.4. The first-order valence-corrected chi connectivity index (χ1v) is 5.57. The highest BCUT2D eigenvalue weighted by Crippen LogP contribution is 2.24. The van der Waals surface area contributed by atoms with Gasteiger partial charge in [-0.2, -0.15) is 0 Å². The molecule has 2 N–H and O–H groups in total. The summed E-state index contributed by atoms with van der Waals surface area (Å²) in [5.74, 6) is -1.58. The molecular weight excluding hydrogens is 232 g/mol. The van der Waals surface area contributed by atoms with E-state index in [1.54, 1.807) is 12.1 Å². The summed E-state index contributed by atoms with van der Waals surface area (Å²) in [6.45, 7) is 6.13. The zero-order valence-electron chi connectivity index (χ0n) is 10.4. The molecule has 2 aromatic rings. The molecule has 0 aliphatic rings. The van der Waals surface area contributed by atoms with Crippen LogP contribution in [-0.2, 0) is 5.41 Å². The molecule has 18 heavy (non-hydrogen) atoms. The van der Waals surface area contributed by atoms with Crippen molar-refractivity contribution in [3.05, 3.63) is 39.9 Å². The molecule has 0 spiro atoms. The molecule has 0 saturated heterocycles. The number of aromatic carboxylic acids is 1. The third-order valence-electron chi connectivity index (χ3n) is 2.77. The van der Waals surface area contributed by atoms with E-state index >= 15 is 0 Å². The summed E-state index contributed by atoms with van der Waals surface area (Å²) in [6.07, 6.45) is 0. The lowest BCUT2D eigenvalue weighted by Gasteiger charge is -2.19. The second-order valence-electron chi connectivity index (χ2n) is 5.20. The predicted molar refractivity (Wildman–Crippen MR) is 68.0 cm³/mol. The van der Waals surface area contributed by atoms with Crippen molar-refractivity contribution in [3.8, 4) is 0 Å². The van der Waals surface area contributed by atoms with E-state index in [1.165, 1.54) is 0 Å². The fraction of sp³-hybridized carbons (Fsp3) is 0.308. The number of fused-ring (bicyclic) bond motifs is 1. The molecule has 5 nitrogen and oxygen atoms in total. The number of carbonyl (C=O) groups is 1. The quantitative estimate of drug-likeness (QED) is 0.805. The number of hydrogen-bond acceptors (Lipinski definition) is 3. The van der Waals surface area contributed by atoms with Crippen LogP contribution in [0.2, 0.25) is 0 Å². The number of carboxylic acid groups (broad SMARTS) is 1. The van der Waals surface area contributed by atoms with Gasteiger partial charge in [0.25, 0.3) is 5.56 Å². The molecule has 0 amide bonds. The standard InChI is InChI=1S/C13H14N2O3/c1-13(2,3)7-4-5-9-8(6-7)11(16)15-10(14-9)12(17)18/h4-6H,1-3H3,(H,17,18)(H,14,15,16). The van der Waals surface area contributed by atoms with E-state index in [2.05, 4.69) is 9.97 Å². The van der Waals surface area contributed by atoms with Gasteiger partial charge in [0, 0.05) is 0 Å². The Bertz CT molecular complexity index is 681. The Hall–Kier alpha value is -2.17. The number of hydrogen-bond donors (Lipinski definition) is 2. The van der Waals surface area contributed by atoms with Crippen molar-refractivity contribution in [2.24, 2.45) is 0 Å². The topological polar surface area (TPSA) is 83.0 Å². The summed E-state index contributed by atoms with van der Waals surface area (Å²) in [5.41, 5.74) is 0.893. The molecule has 0 saturated carbocycles. The highest BCUT2D eigenvalue weighted by molar-refractivity contribution is 5.87. The average molecular weight is 246 g/mol. The maximum atomic E-state index is 11.8. The zero-order valence-corrected chi connectivity index (χ0v) is 10.4. The third-order valence-corrected chi connectivity index (χ3v) is 2.77. The molecule has 0 aliphatic heterocycles. The van der Waals surface area contributed by atoms with Crippen LogP contribution in [0.3, 0.4) is 0 Å². The van der Waals surface area contributed by atoms with Gasteiger partial charge in [-0.25, -0.2) is 9.78 Å². The van der Waals surface area contributed by atoms with Crippen LogP contribution < -0.4 is 5.56 Å². The third kappa shape index (κ3) is 2.11. The second kappa shape index (κ2) is 3.94. The molecule has 0 unspecified atom stereocenters. The molecule has 2 rings (SSSR count). The van der Waals surface area contributed by atoms with Gasteiger partial charge in [0.1, 0.15) is 0 Å². The number of rotatable bonds is 1. The Kier molecular flexibility index (Phi) is 2.69. The van der Waals surface area contributed by atoms with Crippen LogP contribution in [0, 0.1) is 0 Å². The van der Waals surface area contributed by atoms with Crippen LogP contribution in [0.25, 0.3) is 10.9 Å². The average Bonchev–Trinajstić information content (AvgIpc) is 2.27. The lowest BCUT2D eigenvalue weighted by atomic mass is 9.86. The minimum absolute atomic E-state index is 0.0773. The summed E-state index contributed by atoms with van der Waals surface area (Å²) in [4.78, 5) is 28.8. The SMILES string of the molecule is CC(C)(C)c1ccc2nc(C(=O)O)[nH]c(=O)c2c1. The first-order valence-electron chi connectivity index (χ1n) is 5.57. The van der Waals surface area contributed by atoms with E-state index in [9.17, 15) is 9.59 Å². The summed E-state index contributed by atoms with van der Waals surface area (Å²) < 4.78 is 0. The molecule has 1 aromatic heterocycles. The molecule has 1 aromatic carbocycles. The summed E-state index contributed by atoms with van der Waals surface area (Å²) >= 11 is 0. The van der Waals surface area contributed by atoms with Gasteiger partial charge in [0.15, 0.2) is 0 Å². The molecule has 0 bridgehead atoms. The number of H-pyrrole nitrogens is 1. The van der Waals surface area contributed by atoms with E-state index in [1.807, 2.05) is 26.8 Å². The molecule has 0 aliphatic carbocycles. The lowest BCUT2D eigenvalue weighted by Crippen LogP contribution is -2.17. The van der Waals surface area contributed by atoms with Gasteiger partial charge < -0.3 is 10.1 Å². The van der Waals surface area contributed by atoms with Gasteiger partial charge in [0.2, 0.25) is 5.82 Å². The first kappa shape index (κ1) is 12.3. The molecule has 0 radical (unpaired) electrons. The predicted octanol–water partition coefficient (Wildman–Crippen LogP) is 1.92. The smallest absolute Gasteiger partial charge is 0.372 e. The van der Waals surface area contributed by atoms with Crippen molar-refractivity contribution in [1.82, 2.24) is 9.97 Å². The molecule has 0 fully saturated rings. The van der Waals surface area contributed by atoms with Gasteiger partial charge in [0.05, 0.1) is 10.9 Å². The van der Waals surface area contributed by atoms with Crippen LogP contribution in [0.1, 0.15) is 37.0 Å². The lowest BCUT2D eigenvalue weighted by molar-refractivity contribution is 0.0683. The van der Waals surface area contributed by atoms with Crippen molar-refractivity contribution in [3.63, 3.8) is 0 Å². The van der Waals surface area contributed by atoms with Crippen LogP contribution in [0.15, 0.2) is 23.0 Å². The Morgan fingerprint density at radius 1 is 1.33 bits per heavy atom. The van der Waals surface area contributed by atoms with E-state index in [0.29, 0.717) is 10.9 Å². The van der Waals surface area contributed by atoms with E-state index in [4.69, 9.17) is 5.11 Å². The molecule has 5 heteroatoms. The maximum absolute atomic E-state index is 11.8. The van der Waals surface area contributed by atoms with Crippen LogP contribution >= 0.6 is 0 Å². The van der Waals surface area contributed by atoms with Gasteiger partial charge in [-0.3, -0.25) is 4.79 Å². The monoisotopic (exact) mass is 246 g/mol. The number of aromatic amines is 1. The van der Waals surface area contributed by atoms with E-state index < -0.39 is 11.5 Å². The number of nitrogens with zero attached hydrogens (tertiary/aromatic N) is 1. The van der Waals surface area contributed by atoms with Gasteiger partial charge in [-0.15, -0.1) is 0 Å². The normalized spacial score (nSPS) is 11.7. The van der Waals surface area contributed by atoms with Gasteiger partial charge in [-0.05, 0) is 23.1 Å². The second-order valence-corrected chi connectivity index (χ2v) is 5.20. The van der Waals surface area contributed by atoms with Gasteiger partial charge in [-0.1, -0.05) is 26.8 Å². The minimum Gasteiger partial charge on any atom is -0.475 e. The number of nitrogens with one attached hydrogen (secondary N) is 1. The number of carboxylic acids is 1. The van der Waals surface area contributed by atoms with Crippen molar-refractivity contribution < 1.29 is 9.90 Å². The largest absolute Gasteiger partial charge is 0.475 e. The minimum atomic E-state index is -1.24. The zero-order chi connectivity index (χ0) is 13.5. The Morgan fingerprint density at radius 3 is 2.56 bits per heavy atom. The molecule has 1 heterocycles. The fourth-order valence-corrected chi connectivity index (χ4v) is 1.71. The Labute approximate surface area is 103 Å². The van der Waals surface area contributed by atoms with Crippen LogP contribution in [-0.4, -0.2) is 21.0 Å². The highest BCUT2D eigenvalue weighted by Gasteiger charge is 2.16. The number of benzene rings is 1. The molecule has 94 valence electrons. The van der Waals surface area contributed by atoms with E-state index in [0.717, 1.165) is 5.56 Å². The molecule has 0 atom stereocenters. The van der Waals surface area contributed by atoms with Crippen molar-refractivity contribution >= 4 is 16.9 Å². The van der Waals surface area contributed by atoms with Crippen molar-refractivity contribution in [2.75, 3.05) is 0 Å². The Balaban J connectivity index is 2.74. The van der Waals surface area contributed by atoms with E-state index in [-0.39, 0.29) is 11.2 Å². The summed E-state index contributed by atoms with van der Waals surface area (Å²) in [5, 5.41) is 9.23. The van der Waals surface area contributed by atoms with Crippen LogP contribution in [0.4, 0.5) is 0 Å². The van der Waals surface area contributed by atoms with Crippen molar-refractivity contribution in [2.45, 2.75) is 26.2 Å². The summed E-state index contributed by atoms with van der Waals surface area (Å²) in [6, 6.07) is 5.30. The van der Waals surface area contributed by atoms with Gasteiger partial charge >= 0.3 is 5.97 Å². The number of aromatic nitrogens is 2.